The molecule has 0 aliphatic rings. The molecule has 0 radical (unpaired) electrons. The van der Waals surface area contributed by atoms with E-state index in [4.69, 9.17) is 0 Å². The van der Waals surface area contributed by atoms with Crippen molar-refractivity contribution in [2.45, 2.75) is 58.1 Å². The number of hydrogen-bond donors (Lipinski definition) is 2. The summed E-state index contributed by atoms with van der Waals surface area (Å²) in [6, 6.07) is 6.01. The number of carbonyl (C=O) groups excluding carboxylic acids is 1. The lowest BCUT2D eigenvalue weighted by atomic mass is 9.89. The van der Waals surface area contributed by atoms with Gasteiger partial charge in [-0.05, 0) is 30.5 Å². The van der Waals surface area contributed by atoms with Crippen molar-refractivity contribution >= 4 is 5.91 Å². The molecule has 112 valence electrons. The quantitative estimate of drug-likeness (QED) is 0.769. The van der Waals surface area contributed by atoms with Gasteiger partial charge in [0.05, 0.1) is 12.0 Å². The molecule has 1 aromatic rings. The van der Waals surface area contributed by atoms with Crippen LogP contribution in [0.5, 0.6) is 0 Å². The lowest BCUT2D eigenvalue weighted by Crippen LogP contribution is -2.36. The zero-order valence-corrected chi connectivity index (χ0v) is 12.3. The summed E-state index contributed by atoms with van der Waals surface area (Å²) < 4.78 is 12.8. The summed E-state index contributed by atoms with van der Waals surface area (Å²) in [6.45, 7) is 4.35. The Bertz CT molecular complexity index is 411. The number of benzene rings is 1. The molecule has 0 aliphatic carbocycles. The van der Waals surface area contributed by atoms with Gasteiger partial charge >= 0.3 is 0 Å². The molecule has 1 aromatic carbocycles. The highest BCUT2D eigenvalue weighted by Gasteiger charge is 2.27. The van der Waals surface area contributed by atoms with Gasteiger partial charge in [-0.15, -0.1) is 0 Å². The van der Waals surface area contributed by atoms with Gasteiger partial charge in [0.15, 0.2) is 0 Å². The lowest BCUT2D eigenvalue weighted by Gasteiger charge is -2.26. The summed E-state index contributed by atoms with van der Waals surface area (Å²) in [4.78, 5) is 11.9. The van der Waals surface area contributed by atoms with Crippen LogP contribution < -0.4 is 5.32 Å². The van der Waals surface area contributed by atoms with Crippen LogP contribution >= 0.6 is 0 Å². The van der Waals surface area contributed by atoms with E-state index < -0.39 is 5.60 Å². The summed E-state index contributed by atoms with van der Waals surface area (Å²) in [6.07, 6.45) is 3.08. The molecular weight excluding hydrogens is 257 g/mol. The number of nitrogens with one attached hydrogen (secondary N) is 1. The van der Waals surface area contributed by atoms with Crippen molar-refractivity contribution < 1.29 is 14.3 Å². The van der Waals surface area contributed by atoms with Gasteiger partial charge in [0, 0.05) is 6.54 Å². The average molecular weight is 281 g/mol. The molecule has 0 atom stereocenters. The van der Waals surface area contributed by atoms with E-state index in [9.17, 15) is 14.3 Å². The van der Waals surface area contributed by atoms with Gasteiger partial charge in [-0.1, -0.05) is 38.8 Å². The molecule has 0 aliphatic heterocycles. The molecular formula is C16H24FNO2. The van der Waals surface area contributed by atoms with Crippen molar-refractivity contribution in [3.8, 4) is 0 Å². The molecule has 0 saturated carbocycles. The summed E-state index contributed by atoms with van der Waals surface area (Å²) >= 11 is 0. The third-order valence-electron chi connectivity index (χ3n) is 3.32. The topological polar surface area (TPSA) is 49.3 Å². The van der Waals surface area contributed by atoms with E-state index >= 15 is 0 Å². The first-order valence-electron chi connectivity index (χ1n) is 7.22. The van der Waals surface area contributed by atoms with Crippen LogP contribution in [0.1, 0.15) is 51.5 Å². The molecule has 0 fully saturated rings. The highest BCUT2D eigenvalue weighted by molar-refractivity contribution is 5.77. The van der Waals surface area contributed by atoms with Crippen LogP contribution in [0.25, 0.3) is 0 Å². The minimum atomic E-state index is -0.906. The summed E-state index contributed by atoms with van der Waals surface area (Å²) in [5.41, 5.74) is -0.0645. The summed E-state index contributed by atoms with van der Waals surface area (Å²) in [5.74, 6) is -0.459. The minimum Gasteiger partial charge on any atom is -0.389 e. The summed E-state index contributed by atoms with van der Waals surface area (Å²) in [7, 11) is 0. The summed E-state index contributed by atoms with van der Waals surface area (Å²) in [5, 5.41) is 13.2. The van der Waals surface area contributed by atoms with Gasteiger partial charge in [0.2, 0.25) is 5.91 Å². The molecule has 4 heteroatoms. The third kappa shape index (κ3) is 5.70. The number of aliphatic hydroxyl groups is 1. The zero-order valence-electron chi connectivity index (χ0n) is 12.3. The first-order chi connectivity index (χ1) is 9.49. The van der Waals surface area contributed by atoms with E-state index in [2.05, 4.69) is 5.32 Å². The largest absolute Gasteiger partial charge is 0.389 e. The zero-order chi connectivity index (χ0) is 15.0. The number of rotatable bonds is 8. The normalized spacial score (nSPS) is 11.4. The van der Waals surface area contributed by atoms with E-state index in [1.807, 2.05) is 13.8 Å². The predicted octanol–water partition coefficient (Wildman–Crippen LogP) is 3.16. The second-order valence-electron chi connectivity index (χ2n) is 5.30. The third-order valence-corrected chi connectivity index (χ3v) is 3.32. The smallest absolute Gasteiger partial charge is 0.223 e. The Labute approximate surface area is 120 Å². The maximum Gasteiger partial charge on any atom is 0.223 e. The van der Waals surface area contributed by atoms with Gasteiger partial charge in [-0.3, -0.25) is 4.79 Å². The van der Waals surface area contributed by atoms with Gasteiger partial charge in [0.25, 0.3) is 0 Å². The molecule has 2 N–H and O–H groups in total. The van der Waals surface area contributed by atoms with Gasteiger partial charge in [0.1, 0.15) is 5.82 Å². The molecule has 20 heavy (non-hydrogen) atoms. The fraction of sp³-hybridized carbons (Fsp3) is 0.562. The van der Waals surface area contributed by atoms with Crippen LogP contribution in [0.2, 0.25) is 0 Å². The van der Waals surface area contributed by atoms with Crippen molar-refractivity contribution in [3.63, 3.8) is 0 Å². The molecule has 0 spiro atoms. The number of carbonyl (C=O) groups is 1. The van der Waals surface area contributed by atoms with Crippen LogP contribution in [0.3, 0.4) is 0 Å². The van der Waals surface area contributed by atoms with Crippen LogP contribution in [0, 0.1) is 5.82 Å². The highest BCUT2D eigenvalue weighted by Crippen LogP contribution is 2.23. The van der Waals surface area contributed by atoms with Crippen molar-refractivity contribution in [2.24, 2.45) is 0 Å². The van der Waals surface area contributed by atoms with E-state index in [-0.39, 0.29) is 18.1 Å². The Balaban J connectivity index is 2.47. The van der Waals surface area contributed by atoms with E-state index in [0.29, 0.717) is 19.4 Å². The number of amides is 1. The van der Waals surface area contributed by atoms with Crippen LogP contribution in [0.15, 0.2) is 24.3 Å². The molecule has 0 heterocycles. The molecule has 0 unspecified atom stereocenters. The first-order valence-corrected chi connectivity index (χ1v) is 7.22. The fourth-order valence-corrected chi connectivity index (χ4v) is 2.40. The Morgan fingerprint density at radius 3 is 2.25 bits per heavy atom. The molecule has 3 nitrogen and oxygen atoms in total. The Morgan fingerprint density at radius 2 is 1.75 bits per heavy atom. The molecule has 1 amide bonds. The lowest BCUT2D eigenvalue weighted by molar-refractivity contribution is -0.126. The fourth-order valence-electron chi connectivity index (χ4n) is 2.40. The Morgan fingerprint density at radius 1 is 1.20 bits per heavy atom. The maximum absolute atomic E-state index is 12.8. The second kappa shape index (κ2) is 8.00. The van der Waals surface area contributed by atoms with E-state index in [1.54, 1.807) is 12.1 Å². The standard InChI is InChI=1S/C16H24FNO2/c1-3-9-16(20,10-4-2)11-15(19)18-12-13-5-7-14(17)8-6-13/h5-8,20H,3-4,9-12H2,1-2H3,(H,18,19). The van der Waals surface area contributed by atoms with Gasteiger partial charge in [-0.2, -0.15) is 0 Å². The van der Waals surface area contributed by atoms with Crippen molar-refractivity contribution in [1.82, 2.24) is 5.32 Å². The number of hydrogen-bond acceptors (Lipinski definition) is 2. The molecule has 0 saturated heterocycles. The first kappa shape index (κ1) is 16.6. The number of halogens is 1. The predicted molar refractivity (Wildman–Crippen MR) is 77.6 cm³/mol. The van der Waals surface area contributed by atoms with Crippen LogP contribution in [-0.4, -0.2) is 16.6 Å². The SMILES string of the molecule is CCCC(O)(CCC)CC(=O)NCc1ccc(F)cc1. The second-order valence-corrected chi connectivity index (χ2v) is 5.30. The van der Waals surface area contributed by atoms with Gasteiger partial charge < -0.3 is 10.4 Å². The van der Waals surface area contributed by atoms with E-state index in [1.165, 1.54) is 12.1 Å². The molecule has 0 aromatic heterocycles. The van der Waals surface area contributed by atoms with Crippen LogP contribution in [0.4, 0.5) is 4.39 Å². The minimum absolute atomic E-state index is 0.121. The Hall–Kier alpha value is -1.42. The maximum atomic E-state index is 12.8. The molecule has 1 rings (SSSR count). The van der Waals surface area contributed by atoms with Crippen molar-refractivity contribution in [2.75, 3.05) is 0 Å². The average Bonchev–Trinajstić information content (AvgIpc) is 2.38. The van der Waals surface area contributed by atoms with Crippen LogP contribution in [-0.2, 0) is 11.3 Å². The van der Waals surface area contributed by atoms with Gasteiger partial charge in [-0.25, -0.2) is 4.39 Å². The Kier molecular flexibility index (Phi) is 6.65. The van der Waals surface area contributed by atoms with Crippen molar-refractivity contribution in [1.29, 1.82) is 0 Å². The van der Waals surface area contributed by atoms with Crippen molar-refractivity contribution in [3.05, 3.63) is 35.6 Å². The molecule has 0 bridgehead atoms. The highest BCUT2D eigenvalue weighted by atomic mass is 19.1. The van der Waals surface area contributed by atoms with E-state index in [0.717, 1.165) is 18.4 Å². The monoisotopic (exact) mass is 281 g/mol.